The van der Waals surface area contributed by atoms with Crippen molar-refractivity contribution in [2.45, 2.75) is 256 Å². The van der Waals surface area contributed by atoms with Gasteiger partial charge in [0.05, 0.1) is 25.4 Å². The Kier molecular flexibility index (Phi) is 39.7. The van der Waals surface area contributed by atoms with Gasteiger partial charge in [-0.2, -0.15) is 0 Å². The summed E-state index contributed by atoms with van der Waals surface area (Å²) in [5, 5.41) is 56.5. The Bertz CT molecular complexity index is 1280. The molecule has 0 aliphatic carbocycles. The molecule has 1 heterocycles. The largest absolute Gasteiger partial charge is 0.454 e. The molecule has 0 radical (unpaired) electrons. The summed E-state index contributed by atoms with van der Waals surface area (Å²) in [6.07, 6.45) is 39.9. The summed E-state index contributed by atoms with van der Waals surface area (Å²) in [5.74, 6) is -1.22. The first-order valence-electron chi connectivity index (χ1n) is 26.1. The lowest BCUT2D eigenvalue weighted by Gasteiger charge is -2.41. The molecule has 0 aromatic carbocycles. The number of allylic oxidation sites excluding steroid dienone is 9. The number of esters is 1. The summed E-state index contributed by atoms with van der Waals surface area (Å²) in [6, 6.07) is -1.03. The third-order valence-electron chi connectivity index (χ3n) is 12.0. The number of hydrogen-bond donors (Lipinski definition) is 6. The van der Waals surface area contributed by atoms with Gasteiger partial charge >= 0.3 is 5.97 Å². The van der Waals surface area contributed by atoms with Crippen molar-refractivity contribution in [2.24, 2.45) is 0 Å². The van der Waals surface area contributed by atoms with Gasteiger partial charge in [0, 0.05) is 6.42 Å². The maximum Gasteiger partial charge on any atom is 0.306 e. The number of amides is 1. The van der Waals surface area contributed by atoms with Gasteiger partial charge in [0.15, 0.2) is 12.4 Å². The average Bonchev–Trinajstić information content (AvgIpc) is 3.30. The van der Waals surface area contributed by atoms with E-state index in [0.717, 1.165) is 103 Å². The van der Waals surface area contributed by atoms with Crippen molar-refractivity contribution in [1.82, 2.24) is 5.32 Å². The van der Waals surface area contributed by atoms with Gasteiger partial charge in [-0.1, -0.05) is 197 Å². The SMILES string of the molecule is CC/C=C/C=C/C=C/CCCCCCCCCC(=O)OC1C(OCC(NC(=O)C(O)CCCCCC/C=C\CCCC)C(O)/C=C/CCCCCCCCCCC)OC(CO)C(O)C1O. The second-order valence-electron chi connectivity index (χ2n) is 17.9. The van der Waals surface area contributed by atoms with Gasteiger partial charge in [0.25, 0.3) is 0 Å². The van der Waals surface area contributed by atoms with Crippen molar-refractivity contribution in [3.8, 4) is 0 Å². The van der Waals surface area contributed by atoms with Crippen LogP contribution in [0.2, 0.25) is 0 Å². The zero-order valence-electron chi connectivity index (χ0n) is 41.1. The molecule has 0 spiro atoms. The zero-order valence-corrected chi connectivity index (χ0v) is 41.1. The fraction of sp³-hybridized carbons (Fsp3) is 0.778. The number of rotatable bonds is 42. The standard InChI is InChI=1S/C54H95NO10/c1-4-7-10-13-16-19-22-23-24-25-27-30-33-36-39-42-49(59)65-52-51(61)50(60)48(43-56)64-54(52)63-44-45(46(57)40-37-34-31-29-26-20-17-14-11-8-5-2)55-53(62)47(58)41-38-35-32-28-21-18-15-12-9-6-3/h7,10,13,15-16,18-19,22,37,40,45-48,50-52,54,56-58,60-61H,4-6,8-9,11-12,14,17,20-21,23-36,38-39,41-44H2,1-3H3,(H,55,62)/b10-7+,16-13+,18-15-,22-19+,40-37+. The fourth-order valence-electron chi connectivity index (χ4n) is 7.75. The third kappa shape index (κ3) is 31.9. The lowest BCUT2D eigenvalue weighted by atomic mass is 9.99. The molecular formula is C54H95NO10. The van der Waals surface area contributed by atoms with E-state index >= 15 is 0 Å². The van der Waals surface area contributed by atoms with Gasteiger partial charge in [-0.25, -0.2) is 0 Å². The van der Waals surface area contributed by atoms with Crippen molar-refractivity contribution < 1.29 is 49.3 Å². The molecule has 1 amide bonds. The van der Waals surface area contributed by atoms with Gasteiger partial charge in [-0.3, -0.25) is 9.59 Å². The van der Waals surface area contributed by atoms with Crippen LogP contribution >= 0.6 is 0 Å². The second-order valence-corrected chi connectivity index (χ2v) is 17.9. The molecule has 0 bridgehead atoms. The van der Waals surface area contributed by atoms with Gasteiger partial charge in [-0.15, -0.1) is 0 Å². The molecule has 1 aliphatic rings. The van der Waals surface area contributed by atoms with Crippen molar-refractivity contribution in [3.05, 3.63) is 60.8 Å². The summed E-state index contributed by atoms with van der Waals surface area (Å²) >= 11 is 0. The number of hydrogen-bond acceptors (Lipinski definition) is 10. The number of ether oxygens (including phenoxy) is 3. The Morgan fingerprint density at radius 2 is 1.14 bits per heavy atom. The molecular weight excluding hydrogens is 823 g/mol. The summed E-state index contributed by atoms with van der Waals surface area (Å²) in [7, 11) is 0. The van der Waals surface area contributed by atoms with Gasteiger partial charge in [-0.05, 0) is 64.2 Å². The van der Waals surface area contributed by atoms with E-state index in [0.29, 0.717) is 12.8 Å². The molecule has 1 aliphatic heterocycles. The summed E-state index contributed by atoms with van der Waals surface area (Å²) in [6.45, 7) is 5.55. The highest BCUT2D eigenvalue weighted by atomic mass is 16.7. The average molecular weight is 918 g/mol. The van der Waals surface area contributed by atoms with Crippen LogP contribution in [0.4, 0.5) is 0 Å². The first-order chi connectivity index (χ1) is 31.7. The Morgan fingerprint density at radius 1 is 0.615 bits per heavy atom. The van der Waals surface area contributed by atoms with E-state index in [1.54, 1.807) is 6.08 Å². The molecule has 1 rings (SSSR count). The fourth-order valence-corrected chi connectivity index (χ4v) is 7.75. The molecule has 0 aromatic heterocycles. The molecule has 1 saturated heterocycles. The Hall–Kier alpha value is -2.64. The normalized spacial score (nSPS) is 20.8. The van der Waals surface area contributed by atoms with Crippen LogP contribution in [0.25, 0.3) is 0 Å². The molecule has 11 nitrogen and oxygen atoms in total. The molecule has 6 N–H and O–H groups in total. The smallest absolute Gasteiger partial charge is 0.306 e. The van der Waals surface area contributed by atoms with Crippen molar-refractivity contribution in [2.75, 3.05) is 13.2 Å². The maximum atomic E-state index is 13.3. The molecule has 0 aromatic rings. The van der Waals surface area contributed by atoms with Crippen molar-refractivity contribution in [3.63, 3.8) is 0 Å². The molecule has 376 valence electrons. The van der Waals surface area contributed by atoms with E-state index in [1.165, 1.54) is 57.8 Å². The molecule has 11 heteroatoms. The van der Waals surface area contributed by atoms with Crippen LogP contribution < -0.4 is 5.32 Å². The second kappa shape index (κ2) is 42.7. The van der Waals surface area contributed by atoms with Crippen LogP contribution in [0.1, 0.15) is 207 Å². The lowest BCUT2D eigenvalue weighted by Crippen LogP contribution is -2.61. The molecule has 1 fully saturated rings. The van der Waals surface area contributed by atoms with Gasteiger partial charge in [0.1, 0.15) is 24.4 Å². The summed E-state index contributed by atoms with van der Waals surface area (Å²) < 4.78 is 17.5. The number of carbonyl (C=O) groups excluding carboxylic acids is 2. The Labute approximate surface area is 395 Å². The number of unbranched alkanes of at least 4 members (excludes halogenated alkanes) is 22. The van der Waals surface area contributed by atoms with Crippen LogP contribution in [0.5, 0.6) is 0 Å². The summed E-state index contributed by atoms with van der Waals surface area (Å²) in [5.41, 5.74) is 0. The molecule has 8 unspecified atom stereocenters. The first kappa shape index (κ1) is 60.4. The van der Waals surface area contributed by atoms with Crippen LogP contribution in [-0.4, -0.2) is 99.6 Å². The van der Waals surface area contributed by atoms with E-state index < -0.39 is 67.4 Å². The highest BCUT2D eigenvalue weighted by Gasteiger charge is 2.47. The van der Waals surface area contributed by atoms with E-state index in [1.807, 2.05) is 12.2 Å². The van der Waals surface area contributed by atoms with Crippen LogP contribution in [0.15, 0.2) is 60.8 Å². The van der Waals surface area contributed by atoms with Gasteiger partial charge < -0.3 is 45.1 Å². The molecule has 8 atom stereocenters. The number of carbonyl (C=O) groups is 2. The molecule has 65 heavy (non-hydrogen) atoms. The highest BCUT2D eigenvalue weighted by Crippen LogP contribution is 2.26. The quantitative estimate of drug-likeness (QED) is 0.0150. The van der Waals surface area contributed by atoms with E-state index in [-0.39, 0.29) is 19.4 Å². The van der Waals surface area contributed by atoms with E-state index in [4.69, 9.17) is 14.2 Å². The van der Waals surface area contributed by atoms with E-state index in [2.05, 4.69) is 68.6 Å². The zero-order chi connectivity index (χ0) is 47.6. The van der Waals surface area contributed by atoms with Gasteiger partial charge in [0.2, 0.25) is 5.91 Å². The molecule has 0 saturated carbocycles. The predicted octanol–water partition coefficient (Wildman–Crippen LogP) is 10.7. The number of nitrogens with one attached hydrogen (secondary N) is 1. The Balaban J connectivity index is 2.78. The lowest BCUT2D eigenvalue weighted by molar-refractivity contribution is -0.305. The third-order valence-corrected chi connectivity index (χ3v) is 12.0. The topological polar surface area (TPSA) is 175 Å². The van der Waals surface area contributed by atoms with E-state index in [9.17, 15) is 35.1 Å². The predicted molar refractivity (Wildman–Crippen MR) is 264 cm³/mol. The monoisotopic (exact) mass is 918 g/mol. The minimum absolute atomic E-state index is 0.107. The van der Waals surface area contributed by atoms with Crippen LogP contribution in [0.3, 0.4) is 0 Å². The maximum absolute atomic E-state index is 13.3. The van der Waals surface area contributed by atoms with Crippen molar-refractivity contribution in [1.29, 1.82) is 0 Å². The number of aliphatic hydroxyl groups is 5. The van der Waals surface area contributed by atoms with Crippen LogP contribution in [-0.2, 0) is 23.8 Å². The first-order valence-corrected chi connectivity index (χ1v) is 26.1. The minimum Gasteiger partial charge on any atom is -0.454 e. The summed E-state index contributed by atoms with van der Waals surface area (Å²) in [4.78, 5) is 26.3. The minimum atomic E-state index is -1.62. The van der Waals surface area contributed by atoms with Crippen molar-refractivity contribution >= 4 is 11.9 Å². The number of aliphatic hydroxyl groups excluding tert-OH is 5. The Morgan fingerprint density at radius 3 is 1.74 bits per heavy atom. The highest BCUT2D eigenvalue weighted by molar-refractivity contribution is 5.80. The van der Waals surface area contributed by atoms with Crippen LogP contribution in [0, 0.1) is 0 Å².